The summed E-state index contributed by atoms with van der Waals surface area (Å²) in [6.07, 6.45) is 7.41. The molecule has 1 aliphatic heterocycles. The summed E-state index contributed by atoms with van der Waals surface area (Å²) in [6.45, 7) is 2.83. The number of aliphatic hydroxyl groups excluding tert-OH is 1. The third-order valence-electron chi connectivity index (χ3n) is 4.67. The molecule has 2 atom stereocenters. The molecule has 2 unspecified atom stereocenters. The van der Waals surface area contributed by atoms with Crippen LogP contribution in [0.4, 0.5) is 0 Å². The monoisotopic (exact) mass is 281 g/mol. The molecule has 19 heavy (non-hydrogen) atoms. The van der Waals surface area contributed by atoms with Crippen molar-refractivity contribution in [2.75, 3.05) is 6.61 Å². The summed E-state index contributed by atoms with van der Waals surface area (Å²) in [5.74, 6) is 0.383. The standard InChI is InChI=1S/C15H23NO2S/c1-11-16-13(10-19-11)8-14(17)12-4-7-18-15(9-12)5-2-3-6-15/h10,12,14,17H,2-9H2,1H3. The smallest absolute Gasteiger partial charge is 0.0897 e. The van der Waals surface area contributed by atoms with Crippen molar-refractivity contribution in [1.82, 2.24) is 4.98 Å². The van der Waals surface area contributed by atoms with Gasteiger partial charge in [0.2, 0.25) is 0 Å². The zero-order chi connectivity index (χ0) is 13.3. The quantitative estimate of drug-likeness (QED) is 0.925. The fourth-order valence-electron chi connectivity index (χ4n) is 3.64. The van der Waals surface area contributed by atoms with E-state index >= 15 is 0 Å². The molecule has 2 heterocycles. The maximum atomic E-state index is 10.5. The van der Waals surface area contributed by atoms with Crippen LogP contribution in [0.3, 0.4) is 0 Å². The Morgan fingerprint density at radius 3 is 3.00 bits per heavy atom. The third-order valence-corrected chi connectivity index (χ3v) is 5.50. The number of rotatable bonds is 3. The molecule has 0 bridgehead atoms. The van der Waals surface area contributed by atoms with E-state index in [2.05, 4.69) is 10.4 Å². The van der Waals surface area contributed by atoms with Crippen molar-refractivity contribution in [3.63, 3.8) is 0 Å². The molecule has 1 saturated carbocycles. The zero-order valence-electron chi connectivity index (χ0n) is 11.6. The number of aryl methyl sites for hydroxylation is 1. The first-order chi connectivity index (χ1) is 9.17. The number of nitrogens with zero attached hydrogens (tertiary/aromatic N) is 1. The van der Waals surface area contributed by atoms with Crippen molar-refractivity contribution in [2.45, 2.75) is 63.6 Å². The van der Waals surface area contributed by atoms with Crippen molar-refractivity contribution in [1.29, 1.82) is 0 Å². The first kappa shape index (κ1) is 13.5. The SMILES string of the molecule is Cc1nc(CC(O)C2CCOC3(CCCC3)C2)cs1. The van der Waals surface area contributed by atoms with Crippen LogP contribution in [0.2, 0.25) is 0 Å². The first-order valence-electron chi connectivity index (χ1n) is 7.40. The Bertz CT molecular complexity index is 426. The van der Waals surface area contributed by atoms with Crippen LogP contribution in [0.1, 0.15) is 49.2 Å². The van der Waals surface area contributed by atoms with E-state index in [1.165, 1.54) is 25.7 Å². The average molecular weight is 281 g/mol. The minimum absolute atomic E-state index is 0.0991. The summed E-state index contributed by atoms with van der Waals surface area (Å²) >= 11 is 1.66. The van der Waals surface area contributed by atoms with Gasteiger partial charge in [-0.3, -0.25) is 0 Å². The fourth-order valence-corrected chi connectivity index (χ4v) is 4.27. The molecule has 1 spiro atoms. The molecule has 3 nitrogen and oxygen atoms in total. The summed E-state index contributed by atoms with van der Waals surface area (Å²) in [6, 6.07) is 0. The molecule has 0 aromatic carbocycles. The van der Waals surface area contributed by atoms with E-state index in [1.807, 2.05) is 6.92 Å². The molecule has 3 rings (SSSR count). The second-order valence-electron chi connectivity index (χ2n) is 6.12. The van der Waals surface area contributed by atoms with Gasteiger partial charge in [-0.15, -0.1) is 11.3 Å². The summed E-state index contributed by atoms with van der Waals surface area (Å²) in [4.78, 5) is 4.46. The lowest BCUT2D eigenvalue weighted by atomic mass is 9.80. The van der Waals surface area contributed by atoms with Gasteiger partial charge in [0.1, 0.15) is 0 Å². The second kappa shape index (κ2) is 5.51. The topological polar surface area (TPSA) is 42.4 Å². The van der Waals surface area contributed by atoms with Crippen molar-refractivity contribution in [3.05, 3.63) is 16.1 Å². The first-order valence-corrected chi connectivity index (χ1v) is 8.28. The molecule has 2 aliphatic rings. The van der Waals surface area contributed by atoms with E-state index in [4.69, 9.17) is 4.74 Å². The minimum Gasteiger partial charge on any atom is -0.392 e. The number of hydrogen-bond donors (Lipinski definition) is 1. The Morgan fingerprint density at radius 2 is 2.32 bits per heavy atom. The lowest BCUT2D eigenvalue weighted by Crippen LogP contribution is -2.41. The Kier molecular flexibility index (Phi) is 3.92. The van der Waals surface area contributed by atoms with Gasteiger partial charge in [0, 0.05) is 18.4 Å². The molecule has 0 radical (unpaired) electrons. The van der Waals surface area contributed by atoms with Crippen LogP contribution in [0.5, 0.6) is 0 Å². The highest BCUT2D eigenvalue weighted by Gasteiger charge is 2.41. The zero-order valence-corrected chi connectivity index (χ0v) is 12.4. The molecule has 1 aromatic heterocycles. The van der Waals surface area contributed by atoms with Gasteiger partial charge in [-0.2, -0.15) is 0 Å². The Balaban J connectivity index is 1.61. The molecule has 2 fully saturated rings. The van der Waals surface area contributed by atoms with Crippen molar-refractivity contribution < 1.29 is 9.84 Å². The molecular formula is C15H23NO2S. The predicted octanol–water partition coefficient (Wildman–Crippen LogP) is 3.09. The van der Waals surface area contributed by atoms with Gasteiger partial charge in [-0.1, -0.05) is 12.8 Å². The largest absolute Gasteiger partial charge is 0.392 e. The lowest BCUT2D eigenvalue weighted by molar-refractivity contribution is -0.112. The van der Waals surface area contributed by atoms with Crippen LogP contribution >= 0.6 is 11.3 Å². The van der Waals surface area contributed by atoms with Crippen molar-refractivity contribution in [2.24, 2.45) is 5.92 Å². The summed E-state index contributed by atoms with van der Waals surface area (Å²) < 4.78 is 6.04. The molecule has 1 aromatic rings. The Hall–Kier alpha value is -0.450. The third kappa shape index (κ3) is 3.01. The number of ether oxygens (including phenoxy) is 1. The van der Waals surface area contributed by atoms with Crippen LogP contribution < -0.4 is 0 Å². The average Bonchev–Trinajstić information content (AvgIpc) is 3.00. The highest BCUT2D eigenvalue weighted by atomic mass is 32.1. The number of aliphatic hydroxyl groups is 1. The second-order valence-corrected chi connectivity index (χ2v) is 7.18. The van der Waals surface area contributed by atoms with Crippen LogP contribution in [0.15, 0.2) is 5.38 Å². The van der Waals surface area contributed by atoms with Crippen molar-refractivity contribution >= 4 is 11.3 Å². The van der Waals surface area contributed by atoms with E-state index in [0.717, 1.165) is 30.2 Å². The molecule has 0 amide bonds. The van der Waals surface area contributed by atoms with Gasteiger partial charge in [-0.05, 0) is 38.5 Å². The molecule has 106 valence electrons. The van der Waals surface area contributed by atoms with Crippen molar-refractivity contribution in [3.8, 4) is 0 Å². The van der Waals surface area contributed by atoms with E-state index in [1.54, 1.807) is 11.3 Å². The molecule has 1 aliphatic carbocycles. The Labute approximate surface area is 119 Å². The van der Waals surface area contributed by atoms with Crippen LogP contribution in [-0.2, 0) is 11.2 Å². The Morgan fingerprint density at radius 1 is 1.53 bits per heavy atom. The van der Waals surface area contributed by atoms with E-state index < -0.39 is 0 Å². The van der Waals surface area contributed by atoms with Crippen LogP contribution in [-0.4, -0.2) is 28.4 Å². The van der Waals surface area contributed by atoms with Gasteiger partial charge < -0.3 is 9.84 Å². The fraction of sp³-hybridized carbons (Fsp3) is 0.800. The normalized spacial score (nSPS) is 27.8. The van der Waals surface area contributed by atoms with E-state index in [9.17, 15) is 5.11 Å². The molecular weight excluding hydrogens is 258 g/mol. The van der Waals surface area contributed by atoms with Gasteiger partial charge in [0.15, 0.2) is 0 Å². The van der Waals surface area contributed by atoms with E-state index in [-0.39, 0.29) is 11.7 Å². The molecule has 4 heteroatoms. The maximum Gasteiger partial charge on any atom is 0.0897 e. The van der Waals surface area contributed by atoms with Gasteiger partial charge in [0.25, 0.3) is 0 Å². The minimum atomic E-state index is -0.261. The van der Waals surface area contributed by atoms with Crippen LogP contribution in [0.25, 0.3) is 0 Å². The van der Waals surface area contributed by atoms with E-state index in [0.29, 0.717) is 12.3 Å². The van der Waals surface area contributed by atoms with Gasteiger partial charge in [0.05, 0.1) is 22.4 Å². The highest BCUT2D eigenvalue weighted by molar-refractivity contribution is 7.09. The lowest BCUT2D eigenvalue weighted by Gasteiger charge is -2.40. The number of aromatic nitrogens is 1. The van der Waals surface area contributed by atoms with Gasteiger partial charge in [-0.25, -0.2) is 4.98 Å². The molecule has 1 N–H and O–H groups in total. The number of hydrogen-bond acceptors (Lipinski definition) is 4. The maximum absolute atomic E-state index is 10.5. The summed E-state index contributed by atoms with van der Waals surface area (Å²) in [5, 5.41) is 13.6. The van der Waals surface area contributed by atoms with Crippen LogP contribution in [0, 0.1) is 12.8 Å². The summed E-state index contributed by atoms with van der Waals surface area (Å²) in [7, 11) is 0. The predicted molar refractivity (Wildman–Crippen MR) is 76.4 cm³/mol. The summed E-state index contributed by atoms with van der Waals surface area (Å²) in [5.41, 5.74) is 1.14. The number of thiazole rings is 1. The molecule has 1 saturated heterocycles. The highest BCUT2D eigenvalue weighted by Crippen LogP contribution is 2.43. The van der Waals surface area contributed by atoms with Gasteiger partial charge >= 0.3 is 0 Å².